The minimum absolute atomic E-state index is 0.0916. The molecule has 0 atom stereocenters. The highest BCUT2D eigenvalue weighted by Crippen LogP contribution is 2.26. The van der Waals surface area contributed by atoms with Crippen molar-refractivity contribution in [1.29, 1.82) is 0 Å². The summed E-state index contributed by atoms with van der Waals surface area (Å²) in [5.74, 6) is 0.427. The molecule has 5 nitrogen and oxygen atoms in total. The van der Waals surface area contributed by atoms with Gasteiger partial charge in [-0.2, -0.15) is 4.31 Å². The van der Waals surface area contributed by atoms with E-state index >= 15 is 0 Å². The first-order valence-corrected chi connectivity index (χ1v) is 10.9. The van der Waals surface area contributed by atoms with Gasteiger partial charge in [-0.3, -0.25) is 4.79 Å². The van der Waals surface area contributed by atoms with Crippen LogP contribution in [0, 0.1) is 5.92 Å². The van der Waals surface area contributed by atoms with Crippen LogP contribution in [0.4, 0.5) is 5.69 Å². The van der Waals surface area contributed by atoms with E-state index in [0.717, 1.165) is 19.3 Å². The summed E-state index contributed by atoms with van der Waals surface area (Å²) in [6.45, 7) is 2.87. The topological polar surface area (TPSA) is 66.5 Å². The first kappa shape index (κ1) is 19.6. The standard InChI is InChI=1S/C21H26N2O3S/c1-2-21(24)22-19-8-10-20(11-9-19)27(25,26)23-14-12-18(13-15-23)16-17-6-4-3-5-7-17/h3-11,18H,2,12-16H2,1H3,(H,22,24). The van der Waals surface area contributed by atoms with E-state index in [0.29, 0.717) is 31.1 Å². The Morgan fingerprint density at radius 3 is 2.26 bits per heavy atom. The Labute approximate surface area is 161 Å². The van der Waals surface area contributed by atoms with E-state index in [9.17, 15) is 13.2 Å². The van der Waals surface area contributed by atoms with Crippen LogP contribution in [0.3, 0.4) is 0 Å². The second kappa shape index (κ2) is 8.67. The van der Waals surface area contributed by atoms with E-state index in [1.807, 2.05) is 18.2 Å². The third-order valence-corrected chi connectivity index (χ3v) is 6.95. The van der Waals surface area contributed by atoms with E-state index in [1.165, 1.54) is 5.56 Å². The van der Waals surface area contributed by atoms with Crippen molar-refractivity contribution in [3.8, 4) is 0 Å². The molecule has 1 amide bonds. The molecule has 2 aromatic carbocycles. The predicted molar refractivity (Wildman–Crippen MR) is 107 cm³/mol. The summed E-state index contributed by atoms with van der Waals surface area (Å²) in [5, 5.41) is 2.73. The second-order valence-electron chi connectivity index (χ2n) is 6.96. The molecule has 144 valence electrons. The summed E-state index contributed by atoms with van der Waals surface area (Å²) in [5.41, 5.74) is 1.92. The summed E-state index contributed by atoms with van der Waals surface area (Å²) in [4.78, 5) is 11.7. The summed E-state index contributed by atoms with van der Waals surface area (Å²) in [6.07, 6.45) is 3.13. The van der Waals surface area contributed by atoms with E-state index in [-0.39, 0.29) is 10.8 Å². The van der Waals surface area contributed by atoms with Crippen molar-refractivity contribution in [2.75, 3.05) is 18.4 Å². The molecule has 1 saturated heterocycles. The molecule has 1 aliphatic rings. The van der Waals surface area contributed by atoms with Crippen molar-refractivity contribution in [3.05, 3.63) is 60.2 Å². The third kappa shape index (κ3) is 4.96. The largest absolute Gasteiger partial charge is 0.326 e. The second-order valence-corrected chi connectivity index (χ2v) is 8.90. The molecule has 0 saturated carbocycles. The number of amides is 1. The zero-order valence-electron chi connectivity index (χ0n) is 15.6. The highest BCUT2D eigenvalue weighted by molar-refractivity contribution is 7.89. The number of nitrogens with one attached hydrogen (secondary N) is 1. The predicted octanol–water partition coefficient (Wildman–Crippen LogP) is 3.68. The van der Waals surface area contributed by atoms with Crippen molar-refractivity contribution >= 4 is 21.6 Å². The molecule has 0 bridgehead atoms. The van der Waals surface area contributed by atoms with E-state index < -0.39 is 10.0 Å². The minimum Gasteiger partial charge on any atom is -0.326 e. The van der Waals surface area contributed by atoms with Gasteiger partial charge in [0, 0.05) is 25.2 Å². The number of nitrogens with zero attached hydrogens (tertiary/aromatic N) is 1. The quantitative estimate of drug-likeness (QED) is 0.824. The number of hydrogen-bond donors (Lipinski definition) is 1. The maximum absolute atomic E-state index is 12.9. The molecule has 0 aliphatic carbocycles. The lowest BCUT2D eigenvalue weighted by molar-refractivity contribution is -0.115. The van der Waals surface area contributed by atoms with Crippen LogP contribution in [-0.4, -0.2) is 31.7 Å². The molecule has 3 rings (SSSR count). The number of piperidine rings is 1. The number of anilines is 1. The third-order valence-electron chi connectivity index (χ3n) is 5.04. The summed E-state index contributed by atoms with van der Waals surface area (Å²) < 4.78 is 27.3. The molecule has 6 heteroatoms. The molecule has 2 aromatic rings. The Hall–Kier alpha value is -2.18. The SMILES string of the molecule is CCC(=O)Nc1ccc(S(=O)(=O)N2CCC(Cc3ccccc3)CC2)cc1. The zero-order valence-corrected chi connectivity index (χ0v) is 16.4. The Morgan fingerprint density at radius 2 is 1.67 bits per heavy atom. The highest BCUT2D eigenvalue weighted by atomic mass is 32.2. The number of carbonyl (C=O) groups is 1. The van der Waals surface area contributed by atoms with Gasteiger partial charge < -0.3 is 5.32 Å². The Kier molecular flexibility index (Phi) is 6.29. The van der Waals surface area contributed by atoms with Gasteiger partial charge in [0.1, 0.15) is 0 Å². The maximum Gasteiger partial charge on any atom is 0.243 e. The highest BCUT2D eigenvalue weighted by Gasteiger charge is 2.29. The Bertz CT molecular complexity index is 856. The molecule has 0 radical (unpaired) electrons. The minimum atomic E-state index is -3.49. The van der Waals surface area contributed by atoms with Crippen LogP contribution in [0.2, 0.25) is 0 Å². The Balaban J connectivity index is 1.60. The number of rotatable bonds is 6. The first-order valence-electron chi connectivity index (χ1n) is 9.43. The summed E-state index contributed by atoms with van der Waals surface area (Å²) in [6, 6.07) is 16.8. The van der Waals surface area contributed by atoms with Gasteiger partial charge in [0.2, 0.25) is 15.9 Å². The molecular formula is C21H26N2O3S. The molecule has 0 unspecified atom stereocenters. The van der Waals surface area contributed by atoms with Crippen LogP contribution in [0.25, 0.3) is 0 Å². The number of sulfonamides is 1. The average molecular weight is 387 g/mol. The van der Waals surface area contributed by atoms with E-state index in [2.05, 4.69) is 17.4 Å². The lowest BCUT2D eigenvalue weighted by Gasteiger charge is -2.31. The van der Waals surface area contributed by atoms with Crippen molar-refractivity contribution in [3.63, 3.8) is 0 Å². The fraction of sp³-hybridized carbons (Fsp3) is 0.381. The summed E-state index contributed by atoms with van der Waals surface area (Å²) >= 11 is 0. The number of benzene rings is 2. The van der Waals surface area contributed by atoms with Crippen LogP contribution >= 0.6 is 0 Å². The van der Waals surface area contributed by atoms with Crippen LogP contribution < -0.4 is 5.32 Å². The van der Waals surface area contributed by atoms with E-state index in [1.54, 1.807) is 35.5 Å². The lowest BCUT2D eigenvalue weighted by Crippen LogP contribution is -2.38. The van der Waals surface area contributed by atoms with Gasteiger partial charge in [0.15, 0.2) is 0 Å². The molecule has 1 N–H and O–H groups in total. The molecule has 1 aliphatic heterocycles. The molecule has 1 heterocycles. The molecular weight excluding hydrogens is 360 g/mol. The number of hydrogen-bond acceptors (Lipinski definition) is 3. The van der Waals surface area contributed by atoms with Gasteiger partial charge in [-0.25, -0.2) is 8.42 Å². The van der Waals surface area contributed by atoms with Crippen molar-refractivity contribution < 1.29 is 13.2 Å². The van der Waals surface area contributed by atoms with Gasteiger partial charge in [-0.15, -0.1) is 0 Å². The Morgan fingerprint density at radius 1 is 1.04 bits per heavy atom. The van der Waals surface area contributed by atoms with Gasteiger partial charge in [0.25, 0.3) is 0 Å². The van der Waals surface area contributed by atoms with Gasteiger partial charge >= 0.3 is 0 Å². The first-order chi connectivity index (χ1) is 13.0. The van der Waals surface area contributed by atoms with Crippen LogP contribution in [0.1, 0.15) is 31.7 Å². The number of carbonyl (C=O) groups excluding carboxylic acids is 1. The van der Waals surface area contributed by atoms with Crippen LogP contribution in [-0.2, 0) is 21.2 Å². The monoisotopic (exact) mass is 386 g/mol. The summed E-state index contributed by atoms with van der Waals surface area (Å²) in [7, 11) is -3.49. The van der Waals surface area contributed by atoms with E-state index in [4.69, 9.17) is 0 Å². The normalized spacial score (nSPS) is 16.2. The molecule has 27 heavy (non-hydrogen) atoms. The maximum atomic E-state index is 12.9. The van der Waals surface area contributed by atoms with Crippen LogP contribution in [0.5, 0.6) is 0 Å². The molecule has 1 fully saturated rings. The van der Waals surface area contributed by atoms with Gasteiger partial charge in [-0.1, -0.05) is 37.3 Å². The van der Waals surface area contributed by atoms with Crippen molar-refractivity contribution in [2.45, 2.75) is 37.5 Å². The fourth-order valence-corrected chi connectivity index (χ4v) is 4.88. The molecule has 0 aromatic heterocycles. The fourth-order valence-electron chi connectivity index (χ4n) is 3.41. The average Bonchev–Trinajstić information content (AvgIpc) is 2.69. The van der Waals surface area contributed by atoms with Crippen molar-refractivity contribution in [1.82, 2.24) is 4.31 Å². The van der Waals surface area contributed by atoms with Crippen LogP contribution in [0.15, 0.2) is 59.5 Å². The van der Waals surface area contributed by atoms with Gasteiger partial charge in [0.05, 0.1) is 4.90 Å². The zero-order chi connectivity index (χ0) is 19.3. The smallest absolute Gasteiger partial charge is 0.243 e. The molecule has 0 spiro atoms. The lowest BCUT2D eigenvalue weighted by atomic mass is 9.91. The van der Waals surface area contributed by atoms with Gasteiger partial charge in [-0.05, 0) is 55.0 Å². The van der Waals surface area contributed by atoms with Crippen molar-refractivity contribution in [2.24, 2.45) is 5.92 Å².